The Labute approximate surface area is 111 Å². The highest BCUT2D eigenvalue weighted by atomic mass is 16.5. The van der Waals surface area contributed by atoms with Crippen molar-refractivity contribution in [2.24, 2.45) is 0 Å². The highest BCUT2D eigenvalue weighted by Gasteiger charge is 2.19. The minimum absolute atomic E-state index is 0.103. The van der Waals surface area contributed by atoms with E-state index in [1.165, 1.54) is 0 Å². The van der Waals surface area contributed by atoms with Gasteiger partial charge in [-0.2, -0.15) is 4.98 Å². The molecule has 1 saturated heterocycles. The van der Waals surface area contributed by atoms with Crippen LogP contribution in [0.2, 0.25) is 0 Å². The van der Waals surface area contributed by atoms with Crippen molar-refractivity contribution in [3.8, 4) is 11.5 Å². The first-order valence-electron chi connectivity index (χ1n) is 6.44. The minimum atomic E-state index is 0.103. The van der Waals surface area contributed by atoms with Crippen LogP contribution in [0.5, 0.6) is 0 Å². The van der Waals surface area contributed by atoms with Crippen molar-refractivity contribution >= 4 is 5.91 Å². The number of rotatable bonds is 2. The van der Waals surface area contributed by atoms with E-state index < -0.39 is 0 Å². The van der Waals surface area contributed by atoms with Gasteiger partial charge in [0.25, 0.3) is 11.8 Å². The second kappa shape index (κ2) is 4.84. The Morgan fingerprint density at radius 2 is 1.89 bits per heavy atom. The number of aryl methyl sites for hydroxylation is 1. The number of hydrogen-bond acceptors (Lipinski definition) is 4. The topological polar surface area (TPSA) is 59.2 Å². The zero-order chi connectivity index (χ0) is 13.2. The Hall–Kier alpha value is -2.17. The van der Waals surface area contributed by atoms with E-state index in [2.05, 4.69) is 10.1 Å². The number of amides is 1. The zero-order valence-corrected chi connectivity index (χ0v) is 10.8. The molecule has 0 atom stereocenters. The monoisotopic (exact) mass is 257 g/mol. The normalized spacial score (nSPS) is 14.9. The Morgan fingerprint density at radius 1 is 1.21 bits per heavy atom. The molecule has 2 heterocycles. The molecule has 1 aromatic heterocycles. The van der Waals surface area contributed by atoms with E-state index in [9.17, 15) is 4.79 Å². The molecule has 1 fully saturated rings. The fourth-order valence-corrected chi connectivity index (χ4v) is 2.27. The van der Waals surface area contributed by atoms with E-state index in [1.807, 2.05) is 29.2 Å². The number of likely N-dealkylation sites (tertiary alicyclic amines) is 1. The minimum Gasteiger partial charge on any atom is -0.339 e. The Kier molecular flexibility index (Phi) is 3.03. The lowest BCUT2D eigenvalue weighted by molar-refractivity contribution is 0.0793. The van der Waals surface area contributed by atoms with Gasteiger partial charge in [0.2, 0.25) is 0 Å². The molecule has 0 bridgehead atoms. The lowest BCUT2D eigenvalue weighted by Gasteiger charge is -2.14. The molecule has 5 heteroatoms. The van der Waals surface area contributed by atoms with Gasteiger partial charge >= 0.3 is 0 Å². The molecule has 2 aromatic rings. The van der Waals surface area contributed by atoms with Crippen molar-refractivity contribution in [3.63, 3.8) is 0 Å². The van der Waals surface area contributed by atoms with E-state index >= 15 is 0 Å². The van der Waals surface area contributed by atoms with Gasteiger partial charge in [0.05, 0.1) is 0 Å². The van der Waals surface area contributed by atoms with Crippen LogP contribution in [0.15, 0.2) is 28.8 Å². The predicted molar refractivity (Wildman–Crippen MR) is 69.6 cm³/mol. The molecule has 0 N–H and O–H groups in total. The van der Waals surface area contributed by atoms with Crippen LogP contribution in [0.3, 0.4) is 0 Å². The summed E-state index contributed by atoms with van der Waals surface area (Å²) >= 11 is 0. The number of carbonyl (C=O) groups is 1. The average molecular weight is 257 g/mol. The average Bonchev–Trinajstić information content (AvgIpc) is 3.09. The van der Waals surface area contributed by atoms with E-state index in [-0.39, 0.29) is 5.91 Å². The summed E-state index contributed by atoms with van der Waals surface area (Å²) in [7, 11) is 0. The van der Waals surface area contributed by atoms with Gasteiger partial charge in [-0.1, -0.05) is 5.16 Å². The SMILES string of the molecule is Cc1noc(-c2ccc(C(=O)N3CCCC3)cc2)n1. The highest BCUT2D eigenvalue weighted by Crippen LogP contribution is 2.19. The maximum absolute atomic E-state index is 12.2. The summed E-state index contributed by atoms with van der Waals surface area (Å²) in [6, 6.07) is 7.32. The second-order valence-corrected chi connectivity index (χ2v) is 4.72. The van der Waals surface area contributed by atoms with Crippen molar-refractivity contribution in [2.45, 2.75) is 19.8 Å². The van der Waals surface area contributed by atoms with Crippen LogP contribution in [0, 0.1) is 6.92 Å². The second-order valence-electron chi connectivity index (χ2n) is 4.72. The van der Waals surface area contributed by atoms with Gasteiger partial charge in [0.15, 0.2) is 5.82 Å². The van der Waals surface area contributed by atoms with Crippen LogP contribution in [0.25, 0.3) is 11.5 Å². The fraction of sp³-hybridized carbons (Fsp3) is 0.357. The third-order valence-electron chi connectivity index (χ3n) is 3.30. The lowest BCUT2D eigenvalue weighted by atomic mass is 10.1. The lowest BCUT2D eigenvalue weighted by Crippen LogP contribution is -2.27. The van der Waals surface area contributed by atoms with Crippen molar-refractivity contribution in [3.05, 3.63) is 35.7 Å². The quantitative estimate of drug-likeness (QED) is 0.828. The standard InChI is InChI=1S/C14H15N3O2/c1-10-15-13(19-16-10)11-4-6-12(7-5-11)14(18)17-8-2-3-9-17/h4-7H,2-3,8-9H2,1H3. The molecule has 98 valence electrons. The molecule has 0 unspecified atom stereocenters. The van der Waals surface area contributed by atoms with Crippen molar-refractivity contribution in [2.75, 3.05) is 13.1 Å². The van der Waals surface area contributed by atoms with Gasteiger partial charge < -0.3 is 9.42 Å². The first-order chi connectivity index (χ1) is 9.24. The largest absolute Gasteiger partial charge is 0.339 e. The third-order valence-corrected chi connectivity index (χ3v) is 3.30. The number of aromatic nitrogens is 2. The first-order valence-corrected chi connectivity index (χ1v) is 6.44. The van der Waals surface area contributed by atoms with Crippen LogP contribution in [0.4, 0.5) is 0 Å². The van der Waals surface area contributed by atoms with Gasteiger partial charge in [-0.05, 0) is 44.0 Å². The molecule has 1 amide bonds. The summed E-state index contributed by atoms with van der Waals surface area (Å²) in [6.45, 7) is 3.51. The molecule has 19 heavy (non-hydrogen) atoms. The Bertz CT molecular complexity index is 583. The van der Waals surface area contributed by atoms with Crippen LogP contribution in [-0.4, -0.2) is 34.0 Å². The van der Waals surface area contributed by atoms with Gasteiger partial charge in [0, 0.05) is 24.2 Å². The van der Waals surface area contributed by atoms with Crippen molar-refractivity contribution in [1.82, 2.24) is 15.0 Å². The number of hydrogen-bond donors (Lipinski definition) is 0. The molecule has 1 aliphatic rings. The maximum Gasteiger partial charge on any atom is 0.257 e. The van der Waals surface area contributed by atoms with Crippen molar-refractivity contribution < 1.29 is 9.32 Å². The van der Waals surface area contributed by atoms with Crippen molar-refractivity contribution in [1.29, 1.82) is 0 Å². The van der Waals surface area contributed by atoms with E-state index in [0.717, 1.165) is 31.5 Å². The summed E-state index contributed by atoms with van der Waals surface area (Å²) < 4.78 is 5.09. The van der Waals surface area contributed by atoms with Crippen LogP contribution >= 0.6 is 0 Å². The molecule has 0 aliphatic carbocycles. The number of carbonyl (C=O) groups excluding carboxylic acids is 1. The summed E-state index contributed by atoms with van der Waals surface area (Å²) in [5, 5.41) is 3.75. The molecule has 0 spiro atoms. The molecule has 5 nitrogen and oxygen atoms in total. The molecule has 0 radical (unpaired) electrons. The number of benzene rings is 1. The third kappa shape index (κ3) is 2.36. The summed E-state index contributed by atoms with van der Waals surface area (Å²) in [6.07, 6.45) is 2.20. The predicted octanol–water partition coefficient (Wildman–Crippen LogP) is 2.28. The van der Waals surface area contributed by atoms with Crippen LogP contribution in [-0.2, 0) is 0 Å². The Balaban J connectivity index is 1.80. The summed E-state index contributed by atoms with van der Waals surface area (Å²) in [5.41, 5.74) is 1.54. The molecule has 0 saturated carbocycles. The highest BCUT2D eigenvalue weighted by molar-refractivity contribution is 5.94. The van der Waals surface area contributed by atoms with Crippen LogP contribution in [0.1, 0.15) is 29.0 Å². The van der Waals surface area contributed by atoms with Gasteiger partial charge in [0.1, 0.15) is 0 Å². The van der Waals surface area contributed by atoms with Gasteiger partial charge in [-0.25, -0.2) is 0 Å². The first kappa shape index (κ1) is 11.9. The van der Waals surface area contributed by atoms with E-state index in [0.29, 0.717) is 17.3 Å². The smallest absolute Gasteiger partial charge is 0.257 e. The Morgan fingerprint density at radius 3 is 2.47 bits per heavy atom. The molecule has 1 aromatic carbocycles. The van der Waals surface area contributed by atoms with E-state index in [1.54, 1.807) is 6.92 Å². The van der Waals surface area contributed by atoms with Crippen LogP contribution < -0.4 is 0 Å². The summed E-state index contributed by atoms with van der Waals surface area (Å²) in [5.74, 6) is 1.19. The molecule has 3 rings (SSSR count). The van der Waals surface area contributed by atoms with Gasteiger partial charge in [-0.3, -0.25) is 4.79 Å². The zero-order valence-electron chi connectivity index (χ0n) is 10.8. The molecular formula is C14H15N3O2. The maximum atomic E-state index is 12.2. The van der Waals surface area contributed by atoms with Gasteiger partial charge in [-0.15, -0.1) is 0 Å². The fourth-order valence-electron chi connectivity index (χ4n) is 2.27. The number of nitrogens with zero attached hydrogens (tertiary/aromatic N) is 3. The molecular weight excluding hydrogens is 242 g/mol. The summed E-state index contributed by atoms with van der Waals surface area (Å²) in [4.78, 5) is 18.2. The van der Waals surface area contributed by atoms with E-state index in [4.69, 9.17) is 4.52 Å². The molecule has 1 aliphatic heterocycles.